The van der Waals surface area contributed by atoms with Gasteiger partial charge in [-0.1, -0.05) is 12.1 Å². The van der Waals surface area contributed by atoms with E-state index in [1.807, 2.05) is 35.1 Å². The summed E-state index contributed by atoms with van der Waals surface area (Å²) in [5.41, 5.74) is 2.24. The zero-order valence-corrected chi connectivity index (χ0v) is 8.34. The van der Waals surface area contributed by atoms with E-state index in [1.54, 1.807) is 6.20 Å². The third-order valence-corrected chi connectivity index (χ3v) is 2.19. The van der Waals surface area contributed by atoms with Gasteiger partial charge in [-0.25, -0.2) is 10.6 Å². The second-order valence-corrected chi connectivity index (χ2v) is 3.24. The predicted octanol–water partition coefficient (Wildman–Crippen LogP) is 1.31. The molecule has 0 aliphatic carbocycles. The summed E-state index contributed by atoms with van der Waals surface area (Å²) in [4.78, 5) is 4.55. The Hall–Kier alpha value is -1.65. The second kappa shape index (κ2) is 4.72. The summed E-state index contributed by atoms with van der Waals surface area (Å²) in [5, 5.41) is 4.17. The molecule has 0 amide bonds. The molecule has 1 aromatic carbocycles. The summed E-state index contributed by atoms with van der Waals surface area (Å²) in [7, 11) is 0. The van der Waals surface area contributed by atoms with E-state index in [-0.39, 0.29) is 0 Å². The molecule has 78 valence electrons. The molecule has 0 bridgehead atoms. The Bertz CT molecular complexity index is 412. The highest BCUT2D eigenvalue weighted by Gasteiger charge is 1.98. The van der Waals surface area contributed by atoms with Gasteiger partial charge >= 0.3 is 0 Å². The molecule has 0 saturated carbocycles. The maximum atomic E-state index is 4.99. The van der Waals surface area contributed by atoms with Crippen LogP contribution in [-0.2, 0) is 11.3 Å². The molecule has 2 rings (SSSR count). The van der Waals surface area contributed by atoms with Crippen LogP contribution in [-0.4, -0.2) is 16.4 Å². The number of rotatable bonds is 4. The Morgan fingerprint density at radius 1 is 1.33 bits per heavy atom. The molecule has 1 aromatic heterocycles. The first kappa shape index (κ1) is 9.89. The molecule has 2 N–H and O–H groups in total. The Morgan fingerprint density at radius 2 is 2.27 bits per heavy atom. The van der Waals surface area contributed by atoms with E-state index in [2.05, 4.69) is 16.0 Å². The Kier molecular flexibility index (Phi) is 3.11. The molecule has 4 nitrogen and oxygen atoms in total. The normalized spacial score (nSPS) is 10.5. The summed E-state index contributed by atoms with van der Waals surface area (Å²) in [6.07, 6.45) is 4.49. The standard InChI is InChI=1S/C11H13N3O/c12-15-8-5-10-3-1-4-11(9-10)14-7-2-6-13-14/h1-4,6-7,9H,5,8,12H2. The van der Waals surface area contributed by atoms with E-state index in [9.17, 15) is 0 Å². The Labute approximate surface area is 88.2 Å². The fourth-order valence-electron chi connectivity index (χ4n) is 1.45. The molecule has 0 fully saturated rings. The van der Waals surface area contributed by atoms with Gasteiger partial charge in [0.1, 0.15) is 0 Å². The van der Waals surface area contributed by atoms with Gasteiger partial charge in [-0.15, -0.1) is 0 Å². The number of hydrogen-bond acceptors (Lipinski definition) is 3. The molecular formula is C11H13N3O. The lowest BCUT2D eigenvalue weighted by Crippen LogP contribution is -2.04. The fraction of sp³-hybridized carbons (Fsp3) is 0.182. The van der Waals surface area contributed by atoms with Crippen LogP contribution in [0.1, 0.15) is 5.56 Å². The molecule has 0 radical (unpaired) electrons. The van der Waals surface area contributed by atoms with Crippen LogP contribution in [0.4, 0.5) is 0 Å². The van der Waals surface area contributed by atoms with Crippen LogP contribution >= 0.6 is 0 Å². The van der Waals surface area contributed by atoms with Crippen molar-refractivity contribution in [1.82, 2.24) is 9.78 Å². The van der Waals surface area contributed by atoms with Crippen molar-refractivity contribution >= 4 is 0 Å². The van der Waals surface area contributed by atoms with Crippen molar-refractivity contribution < 1.29 is 4.84 Å². The summed E-state index contributed by atoms with van der Waals surface area (Å²) in [6.45, 7) is 0.530. The lowest BCUT2D eigenvalue weighted by Gasteiger charge is -2.04. The average Bonchev–Trinajstić information content (AvgIpc) is 2.80. The van der Waals surface area contributed by atoms with Gasteiger partial charge in [0.05, 0.1) is 12.3 Å². The molecule has 0 atom stereocenters. The molecule has 2 aromatic rings. The quantitative estimate of drug-likeness (QED) is 0.762. The topological polar surface area (TPSA) is 53.1 Å². The highest BCUT2D eigenvalue weighted by atomic mass is 16.6. The molecular weight excluding hydrogens is 190 g/mol. The van der Waals surface area contributed by atoms with Gasteiger partial charge in [0.25, 0.3) is 0 Å². The monoisotopic (exact) mass is 203 g/mol. The van der Waals surface area contributed by atoms with E-state index in [1.165, 1.54) is 5.56 Å². The smallest absolute Gasteiger partial charge is 0.0719 e. The van der Waals surface area contributed by atoms with Crippen molar-refractivity contribution in [3.8, 4) is 5.69 Å². The van der Waals surface area contributed by atoms with Crippen LogP contribution in [0.15, 0.2) is 42.7 Å². The molecule has 15 heavy (non-hydrogen) atoms. The number of nitrogens with zero attached hydrogens (tertiary/aromatic N) is 2. The molecule has 1 heterocycles. The van der Waals surface area contributed by atoms with Crippen LogP contribution in [0.25, 0.3) is 5.69 Å². The Morgan fingerprint density at radius 3 is 3.00 bits per heavy atom. The third-order valence-electron chi connectivity index (χ3n) is 2.19. The van der Waals surface area contributed by atoms with Crippen molar-refractivity contribution in [3.63, 3.8) is 0 Å². The van der Waals surface area contributed by atoms with Crippen LogP contribution in [0, 0.1) is 0 Å². The summed E-state index contributed by atoms with van der Waals surface area (Å²) >= 11 is 0. The van der Waals surface area contributed by atoms with Gasteiger partial charge in [0, 0.05) is 12.4 Å². The van der Waals surface area contributed by atoms with Crippen molar-refractivity contribution in [3.05, 3.63) is 48.3 Å². The fourth-order valence-corrected chi connectivity index (χ4v) is 1.45. The zero-order valence-electron chi connectivity index (χ0n) is 8.34. The van der Waals surface area contributed by atoms with E-state index >= 15 is 0 Å². The minimum Gasteiger partial charge on any atom is -0.304 e. The molecule has 4 heteroatoms. The van der Waals surface area contributed by atoms with Gasteiger partial charge in [-0.05, 0) is 30.2 Å². The summed E-state index contributed by atoms with van der Waals surface area (Å²) < 4.78 is 1.83. The SMILES string of the molecule is NOCCc1cccc(-n2cccn2)c1. The first-order chi connectivity index (χ1) is 7.40. The van der Waals surface area contributed by atoms with Crippen molar-refractivity contribution in [2.45, 2.75) is 6.42 Å². The maximum Gasteiger partial charge on any atom is 0.0719 e. The van der Waals surface area contributed by atoms with Crippen LogP contribution in [0.3, 0.4) is 0 Å². The highest BCUT2D eigenvalue weighted by Crippen LogP contribution is 2.09. The molecule has 0 saturated heterocycles. The minimum absolute atomic E-state index is 0.530. The van der Waals surface area contributed by atoms with Crippen LogP contribution < -0.4 is 5.90 Å². The largest absolute Gasteiger partial charge is 0.304 e. The zero-order chi connectivity index (χ0) is 10.5. The lowest BCUT2D eigenvalue weighted by molar-refractivity contribution is 0.141. The number of nitrogens with two attached hydrogens (primary N) is 1. The van der Waals surface area contributed by atoms with Gasteiger partial charge < -0.3 is 4.84 Å². The van der Waals surface area contributed by atoms with E-state index in [0.717, 1.165) is 12.1 Å². The average molecular weight is 203 g/mol. The lowest BCUT2D eigenvalue weighted by atomic mass is 10.1. The van der Waals surface area contributed by atoms with Gasteiger partial charge in [-0.3, -0.25) is 0 Å². The van der Waals surface area contributed by atoms with Gasteiger partial charge in [0.15, 0.2) is 0 Å². The van der Waals surface area contributed by atoms with Crippen molar-refractivity contribution in [1.29, 1.82) is 0 Å². The maximum absolute atomic E-state index is 4.99. The van der Waals surface area contributed by atoms with Gasteiger partial charge in [-0.2, -0.15) is 5.10 Å². The predicted molar refractivity (Wildman–Crippen MR) is 57.4 cm³/mol. The molecule has 0 unspecified atom stereocenters. The summed E-state index contributed by atoms with van der Waals surface area (Å²) in [5.74, 6) is 4.99. The van der Waals surface area contributed by atoms with Crippen LogP contribution in [0.2, 0.25) is 0 Å². The first-order valence-electron chi connectivity index (χ1n) is 4.81. The molecule has 0 aliphatic rings. The van der Waals surface area contributed by atoms with E-state index in [0.29, 0.717) is 6.61 Å². The van der Waals surface area contributed by atoms with Crippen LogP contribution in [0.5, 0.6) is 0 Å². The molecule has 0 aliphatic heterocycles. The van der Waals surface area contributed by atoms with Crippen molar-refractivity contribution in [2.75, 3.05) is 6.61 Å². The minimum atomic E-state index is 0.530. The first-order valence-corrected chi connectivity index (χ1v) is 4.81. The molecule has 0 spiro atoms. The Balaban J connectivity index is 2.19. The van der Waals surface area contributed by atoms with Crippen molar-refractivity contribution in [2.24, 2.45) is 5.90 Å². The van der Waals surface area contributed by atoms with E-state index < -0.39 is 0 Å². The third kappa shape index (κ3) is 2.43. The van der Waals surface area contributed by atoms with Gasteiger partial charge in [0.2, 0.25) is 0 Å². The second-order valence-electron chi connectivity index (χ2n) is 3.24. The number of benzene rings is 1. The van der Waals surface area contributed by atoms with E-state index in [4.69, 9.17) is 5.90 Å². The summed E-state index contributed by atoms with van der Waals surface area (Å²) in [6, 6.07) is 10.0. The number of hydrogen-bond donors (Lipinski definition) is 1. The highest BCUT2D eigenvalue weighted by molar-refractivity contribution is 5.35. The number of aromatic nitrogens is 2.